The molecular weight excluding hydrogens is 454 g/mol. The van der Waals surface area contributed by atoms with Gasteiger partial charge in [0.2, 0.25) is 0 Å². The van der Waals surface area contributed by atoms with Gasteiger partial charge in [-0.2, -0.15) is 0 Å². The van der Waals surface area contributed by atoms with Crippen LogP contribution >= 0.6 is 27.5 Å². The van der Waals surface area contributed by atoms with E-state index in [1.54, 1.807) is 24.3 Å². The van der Waals surface area contributed by atoms with Crippen molar-refractivity contribution in [3.8, 4) is 22.3 Å². The van der Waals surface area contributed by atoms with Crippen molar-refractivity contribution in [2.75, 3.05) is 0 Å². The monoisotopic (exact) mass is 464 g/mol. The molecule has 0 N–H and O–H groups in total. The number of hydrogen-bond donors (Lipinski definition) is 0. The molecular formula is C25H12BrClF2. The molecule has 0 aromatic heterocycles. The fraction of sp³-hybridized carbons (Fsp3) is 0.0400. The van der Waals surface area contributed by atoms with E-state index in [0.29, 0.717) is 5.02 Å². The Balaban J connectivity index is 1.89. The highest BCUT2D eigenvalue weighted by Gasteiger charge is 2.52. The van der Waals surface area contributed by atoms with Crippen LogP contribution in [0.2, 0.25) is 5.02 Å². The molecule has 0 bridgehead atoms. The number of rotatable bonds is 0. The Kier molecular flexibility index (Phi) is 3.46. The zero-order valence-corrected chi connectivity index (χ0v) is 17.3. The van der Waals surface area contributed by atoms with Crippen molar-refractivity contribution >= 4 is 27.5 Å². The number of hydrogen-bond acceptors (Lipinski definition) is 0. The topological polar surface area (TPSA) is 0 Å². The molecule has 0 fully saturated rings. The average molecular weight is 466 g/mol. The molecule has 2 aliphatic carbocycles. The Hall–Kier alpha value is -2.49. The Labute approximate surface area is 179 Å². The molecule has 1 spiro atoms. The van der Waals surface area contributed by atoms with Crippen molar-refractivity contribution < 1.29 is 8.78 Å². The van der Waals surface area contributed by atoms with Crippen LogP contribution in [0.1, 0.15) is 22.3 Å². The van der Waals surface area contributed by atoms with Gasteiger partial charge in [-0.1, -0.05) is 57.9 Å². The van der Waals surface area contributed by atoms with Gasteiger partial charge in [0, 0.05) is 15.1 Å². The maximum atomic E-state index is 14.5. The Bertz CT molecular complexity index is 1300. The Morgan fingerprint density at radius 1 is 0.655 bits per heavy atom. The van der Waals surface area contributed by atoms with Crippen molar-refractivity contribution in [1.29, 1.82) is 0 Å². The summed E-state index contributed by atoms with van der Waals surface area (Å²) >= 11 is 10.1. The molecule has 0 saturated heterocycles. The maximum absolute atomic E-state index is 14.5. The molecule has 0 aliphatic heterocycles. The van der Waals surface area contributed by atoms with E-state index in [-0.39, 0.29) is 11.6 Å². The standard InChI is InChI=1S/C25H12BrClF2/c26-23-3-1-2-19-24(23)18-7-4-13(27)10-20(18)25(19)21-11-14(28)5-8-16(21)17-9-6-15(29)12-22(17)25/h1-12H. The zero-order valence-electron chi connectivity index (χ0n) is 14.9. The number of halogens is 4. The lowest BCUT2D eigenvalue weighted by atomic mass is 9.70. The van der Waals surface area contributed by atoms with Crippen molar-refractivity contribution in [2.24, 2.45) is 0 Å². The summed E-state index contributed by atoms with van der Waals surface area (Å²) in [4.78, 5) is 0. The minimum absolute atomic E-state index is 0.316. The smallest absolute Gasteiger partial charge is 0.123 e. The van der Waals surface area contributed by atoms with Gasteiger partial charge in [-0.25, -0.2) is 8.78 Å². The minimum Gasteiger partial charge on any atom is -0.207 e. The molecule has 2 aliphatic rings. The number of benzene rings is 4. The molecule has 0 nitrogen and oxygen atoms in total. The second-order valence-electron chi connectivity index (χ2n) is 7.48. The second-order valence-corrected chi connectivity index (χ2v) is 8.77. The summed E-state index contributed by atoms with van der Waals surface area (Å²) in [6.45, 7) is 0. The highest BCUT2D eigenvalue weighted by molar-refractivity contribution is 9.10. The van der Waals surface area contributed by atoms with Crippen molar-refractivity contribution in [3.63, 3.8) is 0 Å². The Morgan fingerprint density at radius 2 is 1.24 bits per heavy atom. The molecule has 0 radical (unpaired) electrons. The van der Waals surface area contributed by atoms with Gasteiger partial charge in [-0.05, 0) is 81.4 Å². The van der Waals surface area contributed by atoms with Crippen LogP contribution in [-0.4, -0.2) is 0 Å². The van der Waals surface area contributed by atoms with Gasteiger partial charge in [0.25, 0.3) is 0 Å². The van der Waals surface area contributed by atoms with Gasteiger partial charge in [-0.3, -0.25) is 0 Å². The van der Waals surface area contributed by atoms with E-state index < -0.39 is 5.41 Å². The van der Waals surface area contributed by atoms with Crippen molar-refractivity contribution in [2.45, 2.75) is 5.41 Å². The van der Waals surface area contributed by atoms with Gasteiger partial charge < -0.3 is 0 Å². The fourth-order valence-corrected chi connectivity index (χ4v) is 5.90. The molecule has 4 heteroatoms. The quantitative estimate of drug-likeness (QED) is 0.215. The molecule has 0 heterocycles. The normalized spacial score (nSPS) is 14.5. The van der Waals surface area contributed by atoms with Gasteiger partial charge in [0.1, 0.15) is 11.6 Å². The second kappa shape index (κ2) is 5.78. The van der Waals surface area contributed by atoms with Crippen LogP contribution in [0.3, 0.4) is 0 Å². The van der Waals surface area contributed by atoms with E-state index in [4.69, 9.17) is 11.6 Å². The van der Waals surface area contributed by atoms with Crippen molar-refractivity contribution in [3.05, 3.63) is 116 Å². The largest absolute Gasteiger partial charge is 0.207 e. The summed E-state index contributed by atoms with van der Waals surface area (Å²) in [5, 5.41) is 0.592. The summed E-state index contributed by atoms with van der Waals surface area (Å²) in [6, 6.07) is 21.4. The van der Waals surface area contributed by atoms with Crippen LogP contribution in [0.15, 0.2) is 77.3 Å². The third-order valence-corrected chi connectivity index (χ3v) is 7.03. The third kappa shape index (κ3) is 2.07. The summed E-state index contributed by atoms with van der Waals surface area (Å²) in [6.07, 6.45) is 0. The first-order valence-corrected chi connectivity index (χ1v) is 10.4. The molecule has 0 atom stereocenters. The highest BCUT2D eigenvalue weighted by atomic mass is 79.9. The van der Waals surface area contributed by atoms with Crippen LogP contribution in [0, 0.1) is 11.6 Å². The molecule has 6 rings (SSSR count). The highest BCUT2D eigenvalue weighted by Crippen LogP contribution is 2.64. The first-order chi connectivity index (χ1) is 14.0. The van der Waals surface area contributed by atoms with Gasteiger partial charge >= 0.3 is 0 Å². The lowest BCUT2D eigenvalue weighted by Gasteiger charge is -2.30. The van der Waals surface area contributed by atoms with Gasteiger partial charge in [0.05, 0.1) is 5.41 Å². The molecule has 0 amide bonds. The van der Waals surface area contributed by atoms with E-state index in [1.807, 2.05) is 36.4 Å². The van der Waals surface area contributed by atoms with E-state index in [0.717, 1.165) is 49.0 Å². The van der Waals surface area contributed by atoms with Crippen LogP contribution in [-0.2, 0) is 5.41 Å². The summed E-state index contributed by atoms with van der Waals surface area (Å²) in [5.74, 6) is -0.633. The lowest BCUT2D eigenvalue weighted by Crippen LogP contribution is -2.26. The minimum atomic E-state index is -0.811. The first kappa shape index (κ1) is 17.4. The van der Waals surface area contributed by atoms with Crippen LogP contribution in [0.25, 0.3) is 22.3 Å². The SMILES string of the molecule is Fc1ccc2c(c1)C1(c3cc(F)ccc3-2)c2cc(Cl)ccc2-c2c(Br)cccc21. The zero-order chi connectivity index (χ0) is 19.9. The third-order valence-electron chi connectivity index (χ3n) is 6.13. The average Bonchev–Trinajstić information content (AvgIpc) is 3.14. The fourth-order valence-electron chi connectivity index (χ4n) is 5.15. The van der Waals surface area contributed by atoms with Crippen LogP contribution < -0.4 is 0 Å². The van der Waals surface area contributed by atoms with Crippen LogP contribution in [0.5, 0.6) is 0 Å². The molecule has 4 aromatic carbocycles. The van der Waals surface area contributed by atoms with E-state index in [1.165, 1.54) is 12.1 Å². The van der Waals surface area contributed by atoms with E-state index in [2.05, 4.69) is 15.9 Å². The van der Waals surface area contributed by atoms with E-state index >= 15 is 0 Å². The van der Waals surface area contributed by atoms with Gasteiger partial charge in [0.15, 0.2) is 0 Å². The van der Waals surface area contributed by atoms with Gasteiger partial charge in [-0.15, -0.1) is 0 Å². The van der Waals surface area contributed by atoms with Crippen molar-refractivity contribution in [1.82, 2.24) is 0 Å². The maximum Gasteiger partial charge on any atom is 0.123 e. The predicted octanol–water partition coefficient (Wildman–Crippen LogP) is 7.72. The summed E-state index contributed by atoms with van der Waals surface area (Å²) in [7, 11) is 0. The lowest BCUT2D eigenvalue weighted by molar-refractivity contribution is 0.618. The molecule has 29 heavy (non-hydrogen) atoms. The summed E-state index contributed by atoms with van der Waals surface area (Å²) in [5.41, 5.74) is 6.66. The van der Waals surface area contributed by atoms with Crippen LogP contribution in [0.4, 0.5) is 8.78 Å². The Morgan fingerprint density at radius 3 is 1.90 bits per heavy atom. The van der Waals surface area contributed by atoms with E-state index in [9.17, 15) is 8.78 Å². The molecule has 140 valence electrons. The number of fused-ring (bicyclic) bond motifs is 10. The molecule has 0 unspecified atom stereocenters. The first-order valence-electron chi connectivity index (χ1n) is 9.21. The summed E-state index contributed by atoms with van der Waals surface area (Å²) < 4.78 is 29.9. The predicted molar refractivity (Wildman–Crippen MR) is 115 cm³/mol. The molecule has 0 saturated carbocycles. The molecule has 4 aromatic rings.